The fourth-order valence-corrected chi connectivity index (χ4v) is 4.67. The molecule has 0 aromatic heterocycles. The van der Waals surface area contributed by atoms with Crippen LogP contribution in [-0.4, -0.2) is 48.6 Å². The minimum Gasteiger partial charge on any atom is -0.348 e. The Hall–Kier alpha value is -1.53. The molecule has 1 aliphatic carbocycles. The molecule has 5 nitrogen and oxygen atoms in total. The van der Waals surface area contributed by atoms with Gasteiger partial charge in [-0.05, 0) is 62.6 Å². The molecule has 148 valence electrons. The highest BCUT2D eigenvalue weighted by Gasteiger charge is 2.24. The maximum absolute atomic E-state index is 12.0. The van der Waals surface area contributed by atoms with E-state index in [-0.39, 0.29) is 6.04 Å². The quantitative estimate of drug-likeness (QED) is 0.580. The van der Waals surface area contributed by atoms with E-state index in [0.717, 1.165) is 58.2 Å². The van der Waals surface area contributed by atoms with Crippen molar-refractivity contribution in [3.05, 3.63) is 29.8 Å². The fraction of sp³-hybridized carbons (Fsp3) is 0.619. The summed E-state index contributed by atoms with van der Waals surface area (Å²) in [6, 6.07) is 8.77. The van der Waals surface area contributed by atoms with E-state index in [9.17, 15) is 9.59 Å². The van der Waals surface area contributed by atoms with Gasteiger partial charge in [-0.2, -0.15) is 0 Å². The second kappa shape index (κ2) is 10.1. The van der Waals surface area contributed by atoms with Crippen LogP contribution in [0.4, 0.5) is 0 Å². The molecule has 0 radical (unpaired) electrons. The Balaban J connectivity index is 1.36. The molecule has 0 spiro atoms. The summed E-state index contributed by atoms with van der Waals surface area (Å²) in [5.74, 6) is -0.480. The summed E-state index contributed by atoms with van der Waals surface area (Å²) in [6.07, 6.45) is 8.53. The van der Waals surface area contributed by atoms with Crippen molar-refractivity contribution < 1.29 is 9.59 Å². The zero-order valence-electron chi connectivity index (χ0n) is 16.2. The number of hydrogen-bond acceptors (Lipinski definition) is 4. The van der Waals surface area contributed by atoms with Crippen molar-refractivity contribution in [2.75, 3.05) is 25.9 Å². The summed E-state index contributed by atoms with van der Waals surface area (Å²) in [6.45, 7) is 3.67. The van der Waals surface area contributed by atoms with Gasteiger partial charge in [-0.15, -0.1) is 11.8 Å². The van der Waals surface area contributed by atoms with Crippen molar-refractivity contribution in [3.63, 3.8) is 0 Å². The number of piperidine rings is 1. The zero-order chi connectivity index (χ0) is 19.1. The molecule has 2 aliphatic rings. The topological polar surface area (TPSA) is 61.4 Å². The van der Waals surface area contributed by atoms with Crippen LogP contribution in [0, 0.1) is 5.92 Å². The van der Waals surface area contributed by atoms with Gasteiger partial charge in [0.2, 0.25) is 0 Å². The van der Waals surface area contributed by atoms with Gasteiger partial charge in [0, 0.05) is 24.0 Å². The van der Waals surface area contributed by atoms with E-state index in [1.165, 1.54) is 10.5 Å². The van der Waals surface area contributed by atoms with Gasteiger partial charge in [0.25, 0.3) is 0 Å². The van der Waals surface area contributed by atoms with Crippen molar-refractivity contribution in [2.24, 2.45) is 5.92 Å². The van der Waals surface area contributed by atoms with Crippen LogP contribution in [0.1, 0.15) is 44.1 Å². The molecular formula is C21H31N3O2S. The summed E-state index contributed by atoms with van der Waals surface area (Å²) in [7, 11) is 0. The highest BCUT2D eigenvalue weighted by atomic mass is 32.2. The van der Waals surface area contributed by atoms with E-state index >= 15 is 0 Å². The molecular weight excluding hydrogens is 358 g/mol. The molecule has 1 heterocycles. The van der Waals surface area contributed by atoms with Crippen LogP contribution in [-0.2, 0) is 16.1 Å². The molecule has 2 amide bonds. The van der Waals surface area contributed by atoms with Crippen LogP contribution >= 0.6 is 11.8 Å². The van der Waals surface area contributed by atoms with E-state index in [1.54, 1.807) is 11.8 Å². The molecule has 0 atom stereocenters. The van der Waals surface area contributed by atoms with Gasteiger partial charge in [-0.3, -0.25) is 14.5 Å². The van der Waals surface area contributed by atoms with Crippen molar-refractivity contribution in [1.82, 2.24) is 15.5 Å². The zero-order valence-corrected chi connectivity index (χ0v) is 17.0. The highest BCUT2D eigenvalue weighted by Crippen LogP contribution is 2.24. The molecule has 1 saturated heterocycles. The predicted octanol–water partition coefficient (Wildman–Crippen LogP) is 2.80. The van der Waals surface area contributed by atoms with E-state index in [2.05, 4.69) is 46.1 Å². The second-order valence-corrected chi connectivity index (χ2v) is 8.54. The Morgan fingerprint density at radius 1 is 1.07 bits per heavy atom. The van der Waals surface area contributed by atoms with Crippen molar-refractivity contribution >= 4 is 23.6 Å². The molecule has 6 heteroatoms. The van der Waals surface area contributed by atoms with E-state index in [0.29, 0.717) is 12.5 Å². The summed E-state index contributed by atoms with van der Waals surface area (Å²) >= 11 is 1.80. The third kappa shape index (κ3) is 5.98. The normalized spacial score (nSPS) is 19.1. The lowest BCUT2D eigenvalue weighted by Crippen LogP contribution is -2.46. The lowest BCUT2D eigenvalue weighted by atomic mass is 9.96. The Kier molecular flexibility index (Phi) is 7.59. The van der Waals surface area contributed by atoms with Crippen molar-refractivity contribution in [1.29, 1.82) is 0 Å². The summed E-state index contributed by atoms with van der Waals surface area (Å²) < 4.78 is 0. The number of likely N-dealkylation sites (tertiary alicyclic amines) is 1. The van der Waals surface area contributed by atoms with Crippen LogP contribution < -0.4 is 10.6 Å². The van der Waals surface area contributed by atoms with Gasteiger partial charge in [0.15, 0.2) is 0 Å². The number of amides is 2. The highest BCUT2D eigenvalue weighted by molar-refractivity contribution is 7.98. The first-order valence-corrected chi connectivity index (χ1v) is 11.3. The van der Waals surface area contributed by atoms with Crippen molar-refractivity contribution in [2.45, 2.75) is 56.0 Å². The number of hydrogen-bond donors (Lipinski definition) is 2. The first-order chi connectivity index (χ1) is 13.2. The fourth-order valence-electron chi connectivity index (χ4n) is 4.06. The number of carbonyl (C=O) groups excluding carboxylic acids is 2. The largest absolute Gasteiger partial charge is 0.348 e. The van der Waals surface area contributed by atoms with Crippen LogP contribution in [0.2, 0.25) is 0 Å². The minimum atomic E-state index is -0.474. The first-order valence-electron chi connectivity index (χ1n) is 10.1. The molecule has 3 rings (SSSR count). The third-order valence-corrected chi connectivity index (χ3v) is 6.58. The predicted molar refractivity (Wildman–Crippen MR) is 110 cm³/mol. The lowest BCUT2D eigenvalue weighted by Gasteiger charge is -2.32. The Morgan fingerprint density at radius 3 is 2.48 bits per heavy atom. The van der Waals surface area contributed by atoms with Gasteiger partial charge in [-0.1, -0.05) is 31.0 Å². The van der Waals surface area contributed by atoms with Crippen LogP contribution in [0.15, 0.2) is 29.2 Å². The molecule has 2 fully saturated rings. The first kappa shape index (κ1) is 20.2. The van der Waals surface area contributed by atoms with Crippen LogP contribution in [0.25, 0.3) is 0 Å². The Labute approximate surface area is 166 Å². The number of nitrogens with one attached hydrogen (secondary N) is 2. The van der Waals surface area contributed by atoms with Gasteiger partial charge in [-0.25, -0.2) is 0 Å². The smallest absolute Gasteiger partial charge is 0.309 e. The molecule has 2 N–H and O–H groups in total. The molecule has 1 aliphatic heterocycles. The Bertz CT molecular complexity index is 638. The average molecular weight is 390 g/mol. The number of rotatable bonds is 6. The van der Waals surface area contributed by atoms with Crippen LogP contribution in [0.5, 0.6) is 0 Å². The van der Waals surface area contributed by atoms with Crippen LogP contribution in [0.3, 0.4) is 0 Å². The van der Waals surface area contributed by atoms with Gasteiger partial charge in [0.05, 0.1) is 0 Å². The maximum atomic E-state index is 12.0. The lowest BCUT2D eigenvalue weighted by molar-refractivity contribution is -0.139. The minimum absolute atomic E-state index is 0.190. The number of benzene rings is 1. The van der Waals surface area contributed by atoms with E-state index in [1.807, 2.05) is 0 Å². The monoisotopic (exact) mass is 389 g/mol. The van der Waals surface area contributed by atoms with E-state index in [4.69, 9.17) is 0 Å². The number of nitrogens with zero attached hydrogens (tertiary/aromatic N) is 1. The molecule has 27 heavy (non-hydrogen) atoms. The van der Waals surface area contributed by atoms with Gasteiger partial charge >= 0.3 is 11.8 Å². The Morgan fingerprint density at radius 2 is 1.78 bits per heavy atom. The van der Waals surface area contributed by atoms with Gasteiger partial charge < -0.3 is 10.6 Å². The summed E-state index contributed by atoms with van der Waals surface area (Å²) in [5.41, 5.74) is 1.39. The molecule has 1 aromatic carbocycles. The molecule has 0 unspecified atom stereocenters. The van der Waals surface area contributed by atoms with Crippen molar-refractivity contribution in [3.8, 4) is 0 Å². The van der Waals surface area contributed by atoms with Gasteiger partial charge in [0.1, 0.15) is 0 Å². The second-order valence-electron chi connectivity index (χ2n) is 7.70. The molecule has 1 saturated carbocycles. The SMILES string of the molecule is CSc1ccccc1CN1CCC(CNC(=O)C(=O)NC2CCCC2)CC1. The summed E-state index contributed by atoms with van der Waals surface area (Å²) in [4.78, 5) is 27.8. The third-order valence-electron chi connectivity index (χ3n) is 5.74. The summed E-state index contributed by atoms with van der Waals surface area (Å²) in [5, 5.41) is 5.69. The maximum Gasteiger partial charge on any atom is 0.309 e. The number of carbonyl (C=O) groups is 2. The van der Waals surface area contributed by atoms with E-state index < -0.39 is 11.8 Å². The average Bonchev–Trinajstić information content (AvgIpc) is 3.20. The molecule has 0 bridgehead atoms. The standard InChI is InChI=1S/C21H31N3O2S/c1-27-19-9-5-2-6-17(19)15-24-12-10-16(11-13-24)14-22-20(25)21(26)23-18-7-3-4-8-18/h2,5-6,9,16,18H,3-4,7-8,10-15H2,1H3,(H,22,25)(H,23,26). The number of thioether (sulfide) groups is 1. The molecule has 1 aromatic rings.